The summed E-state index contributed by atoms with van der Waals surface area (Å²) in [6.07, 6.45) is 1.95. The summed E-state index contributed by atoms with van der Waals surface area (Å²) in [6.45, 7) is 0.589. The number of rotatable bonds is 0. The van der Waals surface area contributed by atoms with E-state index in [1.165, 1.54) is 10.0 Å². The Labute approximate surface area is 76.4 Å². The van der Waals surface area contributed by atoms with Crippen molar-refractivity contribution in [2.24, 2.45) is 5.73 Å². The molecule has 72 valence electrons. The first kappa shape index (κ1) is 8.50. The highest BCUT2D eigenvalue weighted by Crippen LogP contribution is 2.21. The zero-order chi connectivity index (χ0) is 9.42. The Kier molecular flexibility index (Phi) is 1.95. The van der Waals surface area contributed by atoms with Crippen LogP contribution < -0.4 is 5.73 Å². The van der Waals surface area contributed by atoms with Gasteiger partial charge in [-0.3, -0.25) is 9.59 Å². The Balaban J connectivity index is 2.25. The van der Waals surface area contributed by atoms with Crippen LogP contribution in [0.4, 0.5) is 0 Å². The minimum atomic E-state index is -0.297. The third kappa shape index (κ3) is 1.29. The van der Waals surface area contributed by atoms with E-state index in [4.69, 9.17) is 5.73 Å². The van der Waals surface area contributed by atoms with Crippen molar-refractivity contribution < 1.29 is 9.59 Å². The zero-order valence-corrected chi connectivity index (χ0v) is 7.40. The molecule has 5 nitrogen and oxygen atoms in total. The molecule has 13 heavy (non-hydrogen) atoms. The summed E-state index contributed by atoms with van der Waals surface area (Å²) in [7, 11) is 0. The fourth-order valence-electron chi connectivity index (χ4n) is 1.86. The lowest BCUT2D eigenvalue weighted by atomic mass is 10.2. The number of hydrazine groups is 1. The molecule has 0 aromatic rings. The van der Waals surface area contributed by atoms with E-state index in [1.807, 2.05) is 0 Å². The van der Waals surface area contributed by atoms with E-state index in [1.54, 1.807) is 0 Å². The first-order valence-electron chi connectivity index (χ1n) is 4.58. The van der Waals surface area contributed by atoms with Gasteiger partial charge in [0.25, 0.3) is 0 Å². The maximum absolute atomic E-state index is 11.5. The van der Waals surface area contributed by atoms with Gasteiger partial charge < -0.3 is 5.73 Å². The van der Waals surface area contributed by atoms with Crippen LogP contribution in [0.3, 0.4) is 0 Å². The summed E-state index contributed by atoms with van der Waals surface area (Å²) >= 11 is 0. The Morgan fingerprint density at radius 2 is 1.92 bits per heavy atom. The van der Waals surface area contributed by atoms with Crippen molar-refractivity contribution in [2.45, 2.75) is 31.8 Å². The Bertz CT molecular complexity index is 254. The molecule has 2 fully saturated rings. The van der Waals surface area contributed by atoms with Gasteiger partial charge >= 0.3 is 0 Å². The Morgan fingerprint density at radius 1 is 1.23 bits per heavy atom. The first-order valence-corrected chi connectivity index (χ1v) is 4.58. The number of carbonyl (C=O) groups is 2. The lowest BCUT2D eigenvalue weighted by Gasteiger charge is -2.28. The molecule has 0 saturated carbocycles. The minimum Gasteiger partial charge on any atom is -0.310 e. The van der Waals surface area contributed by atoms with E-state index >= 15 is 0 Å². The average Bonchev–Trinajstić information content (AvgIpc) is 2.40. The molecule has 0 bridgehead atoms. The van der Waals surface area contributed by atoms with Crippen LogP contribution in [0.15, 0.2) is 0 Å². The third-order valence-electron chi connectivity index (χ3n) is 2.54. The molecule has 0 radical (unpaired) electrons. The quantitative estimate of drug-likeness (QED) is 0.547. The molecule has 2 aliphatic rings. The highest BCUT2D eigenvalue weighted by Gasteiger charge is 2.37. The fraction of sp³-hybridized carbons (Fsp3) is 0.750. The minimum absolute atomic E-state index is 0.0177. The van der Waals surface area contributed by atoms with Gasteiger partial charge in [-0.25, -0.2) is 10.0 Å². The number of nitrogens with two attached hydrogens (primary N) is 1. The second-order valence-electron chi connectivity index (χ2n) is 3.46. The highest BCUT2D eigenvalue weighted by atomic mass is 16.2. The van der Waals surface area contributed by atoms with E-state index in [0.29, 0.717) is 32.2 Å². The summed E-state index contributed by atoms with van der Waals surface area (Å²) in [4.78, 5) is 23.0. The fourth-order valence-corrected chi connectivity index (χ4v) is 1.86. The second-order valence-corrected chi connectivity index (χ2v) is 3.46. The predicted octanol–water partition coefficient (Wildman–Crippen LogP) is -0.569. The molecule has 2 heterocycles. The summed E-state index contributed by atoms with van der Waals surface area (Å²) in [5.74, 6) is 0.00894. The van der Waals surface area contributed by atoms with Crippen molar-refractivity contribution in [3.8, 4) is 0 Å². The third-order valence-corrected chi connectivity index (χ3v) is 2.54. The van der Waals surface area contributed by atoms with E-state index in [0.717, 1.165) is 0 Å². The van der Waals surface area contributed by atoms with Crippen molar-refractivity contribution in [3.05, 3.63) is 0 Å². The van der Waals surface area contributed by atoms with Gasteiger partial charge in [0.15, 0.2) is 0 Å². The number of carbonyl (C=O) groups excluding carboxylic acids is 2. The van der Waals surface area contributed by atoms with Crippen LogP contribution in [0.25, 0.3) is 0 Å². The molecule has 2 rings (SSSR count). The zero-order valence-electron chi connectivity index (χ0n) is 7.40. The summed E-state index contributed by atoms with van der Waals surface area (Å²) in [6, 6.07) is 0. The number of nitrogens with zero attached hydrogens (tertiary/aromatic N) is 2. The molecule has 2 saturated heterocycles. The SMILES string of the molecule is N[C@@H]1CCN2C(=O)CCCC(=O)N12. The van der Waals surface area contributed by atoms with E-state index in [9.17, 15) is 9.59 Å². The second kappa shape index (κ2) is 2.99. The molecular formula is C8H13N3O2. The number of hydrogen-bond donors (Lipinski definition) is 1. The first-order chi connectivity index (χ1) is 6.20. The Hall–Kier alpha value is -1.10. The van der Waals surface area contributed by atoms with Gasteiger partial charge in [-0.1, -0.05) is 0 Å². The van der Waals surface area contributed by atoms with Gasteiger partial charge in [0, 0.05) is 25.8 Å². The monoisotopic (exact) mass is 183 g/mol. The molecule has 0 aliphatic carbocycles. The summed E-state index contributed by atoms with van der Waals surface area (Å²) in [5, 5.41) is 2.93. The topological polar surface area (TPSA) is 66.6 Å². The maximum atomic E-state index is 11.5. The molecular weight excluding hydrogens is 170 g/mol. The normalized spacial score (nSPS) is 29.2. The molecule has 5 heteroatoms. The van der Waals surface area contributed by atoms with Gasteiger partial charge in [-0.15, -0.1) is 0 Å². The van der Waals surface area contributed by atoms with Crippen LogP contribution in [0.5, 0.6) is 0 Å². The molecule has 0 spiro atoms. The molecule has 2 N–H and O–H groups in total. The summed E-state index contributed by atoms with van der Waals surface area (Å²) in [5.41, 5.74) is 5.72. The van der Waals surface area contributed by atoms with Gasteiger partial charge in [-0.2, -0.15) is 0 Å². The van der Waals surface area contributed by atoms with Crippen LogP contribution >= 0.6 is 0 Å². The van der Waals surface area contributed by atoms with Crippen LogP contribution in [0.1, 0.15) is 25.7 Å². The molecule has 0 aromatic heterocycles. The number of fused-ring (bicyclic) bond motifs is 1. The van der Waals surface area contributed by atoms with Crippen LogP contribution in [-0.4, -0.2) is 34.5 Å². The lowest BCUT2D eigenvalue weighted by molar-refractivity contribution is -0.158. The van der Waals surface area contributed by atoms with Crippen LogP contribution in [0, 0.1) is 0 Å². The molecule has 2 aliphatic heterocycles. The largest absolute Gasteiger partial charge is 0.310 e. The van der Waals surface area contributed by atoms with Crippen molar-refractivity contribution in [2.75, 3.05) is 6.54 Å². The maximum Gasteiger partial charge on any atom is 0.242 e. The Morgan fingerprint density at radius 3 is 2.69 bits per heavy atom. The van der Waals surface area contributed by atoms with Gasteiger partial charge in [0.1, 0.15) is 6.17 Å². The van der Waals surface area contributed by atoms with Crippen molar-refractivity contribution in [3.63, 3.8) is 0 Å². The van der Waals surface area contributed by atoms with Gasteiger partial charge in [0.2, 0.25) is 11.8 Å². The highest BCUT2D eigenvalue weighted by molar-refractivity contribution is 5.85. The lowest BCUT2D eigenvalue weighted by Crippen LogP contribution is -2.49. The molecule has 1 atom stereocenters. The smallest absolute Gasteiger partial charge is 0.242 e. The summed E-state index contributed by atoms with van der Waals surface area (Å²) < 4.78 is 0. The predicted molar refractivity (Wildman–Crippen MR) is 45.0 cm³/mol. The number of hydrogen-bond acceptors (Lipinski definition) is 3. The van der Waals surface area contributed by atoms with E-state index < -0.39 is 0 Å². The molecule has 0 unspecified atom stereocenters. The van der Waals surface area contributed by atoms with Crippen molar-refractivity contribution in [1.82, 2.24) is 10.0 Å². The van der Waals surface area contributed by atoms with E-state index in [2.05, 4.69) is 0 Å². The van der Waals surface area contributed by atoms with Crippen LogP contribution in [0.2, 0.25) is 0 Å². The molecule has 2 amide bonds. The van der Waals surface area contributed by atoms with Crippen LogP contribution in [-0.2, 0) is 9.59 Å². The molecule has 0 aromatic carbocycles. The van der Waals surface area contributed by atoms with Gasteiger partial charge in [0.05, 0.1) is 0 Å². The number of amides is 2. The van der Waals surface area contributed by atoms with Crippen molar-refractivity contribution in [1.29, 1.82) is 0 Å². The van der Waals surface area contributed by atoms with E-state index in [-0.39, 0.29) is 18.0 Å². The average molecular weight is 183 g/mol. The standard InChI is InChI=1S/C8H13N3O2/c9-6-4-5-10-7(12)2-1-3-8(13)11(6)10/h6H,1-5,9H2/t6-/m0/s1. The van der Waals surface area contributed by atoms with Crippen molar-refractivity contribution >= 4 is 11.8 Å². The van der Waals surface area contributed by atoms with Gasteiger partial charge in [-0.05, 0) is 6.42 Å².